The van der Waals surface area contributed by atoms with Gasteiger partial charge in [-0.1, -0.05) is 0 Å². The minimum absolute atomic E-state index is 0.303. The van der Waals surface area contributed by atoms with Crippen LogP contribution in [-0.4, -0.2) is 35.6 Å². The van der Waals surface area contributed by atoms with E-state index >= 15 is 0 Å². The van der Waals surface area contributed by atoms with Crippen molar-refractivity contribution in [3.8, 4) is 0 Å². The molecular weight excluding hydrogens is 237 g/mol. The Hall–Kier alpha value is -1.79. The summed E-state index contributed by atoms with van der Waals surface area (Å²) in [4.78, 5) is 26.0. The first-order valence-corrected chi connectivity index (χ1v) is 4.72. The first-order valence-electron chi connectivity index (χ1n) is 4.72. The van der Waals surface area contributed by atoms with Crippen molar-refractivity contribution in [3.05, 3.63) is 33.7 Å². The zero-order valence-electron chi connectivity index (χ0n) is 9.26. The van der Waals surface area contributed by atoms with Crippen molar-refractivity contribution >= 4 is 5.91 Å². The standard InChI is InChI=1S/C10H11F3N2O2/c1-6-3-8(16)7(4-14-6)9(17)15(2)5-10(11,12)13/h3-4H,5H2,1-2H3,(H,14,16). The minimum Gasteiger partial charge on any atom is -0.364 e. The predicted octanol–water partition coefficient (Wildman–Crippen LogP) is 1.32. The number of aromatic nitrogens is 1. The highest BCUT2D eigenvalue weighted by Gasteiger charge is 2.32. The van der Waals surface area contributed by atoms with Gasteiger partial charge < -0.3 is 9.88 Å². The lowest BCUT2D eigenvalue weighted by Gasteiger charge is -2.18. The van der Waals surface area contributed by atoms with E-state index in [-0.39, 0.29) is 5.56 Å². The maximum Gasteiger partial charge on any atom is 0.406 e. The van der Waals surface area contributed by atoms with E-state index in [1.54, 1.807) is 6.92 Å². The van der Waals surface area contributed by atoms with Crippen LogP contribution >= 0.6 is 0 Å². The molecule has 0 saturated heterocycles. The molecule has 1 rings (SSSR count). The van der Waals surface area contributed by atoms with Gasteiger partial charge in [0.1, 0.15) is 12.1 Å². The summed E-state index contributed by atoms with van der Waals surface area (Å²) >= 11 is 0. The van der Waals surface area contributed by atoms with Crippen molar-refractivity contribution in [3.63, 3.8) is 0 Å². The van der Waals surface area contributed by atoms with Gasteiger partial charge in [0.2, 0.25) is 0 Å². The number of aromatic amines is 1. The summed E-state index contributed by atoms with van der Waals surface area (Å²) < 4.78 is 36.2. The Balaban J connectivity index is 2.93. The molecule has 0 bridgehead atoms. The lowest BCUT2D eigenvalue weighted by Crippen LogP contribution is -2.37. The smallest absolute Gasteiger partial charge is 0.364 e. The number of aryl methyl sites for hydroxylation is 1. The normalized spacial score (nSPS) is 11.4. The van der Waals surface area contributed by atoms with Crippen LogP contribution in [-0.2, 0) is 0 Å². The molecule has 0 aliphatic rings. The summed E-state index contributed by atoms with van der Waals surface area (Å²) in [5.41, 5.74) is -0.368. The summed E-state index contributed by atoms with van der Waals surface area (Å²) in [5.74, 6) is -0.955. The number of nitrogens with zero attached hydrogens (tertiary/aromatic N) is 1. The highest BCUT2D eigenvalue weighted by atomic mass is 19.4. The first-order chi connectivity index (χ1) is 7.70. The lowest BCUT2D eigenvalue weighted by atomic mass is 10.2. The third kappa shape index (κ3) is 3.61. The Morgan fingerprint density at radius 1 is 1.47 bits per heavy atom. The van der Waals surface area contributed by atoms with Crippen molar-refractivity contribution in [2.24, 2.45) is 0 Å². The van der Waals surface area contributed by atoms with E-state index in [1.165, 1.54) is 0 Å². The SMILES string of the molecule is Cc1cc(=O)c(C(=O)N(C)CC(F)(F)F)c[nH]1. The quantitative estimate of drug-likeness (QED) is 0.858. The molecule has 0 fully saturated rings. The molecule has 94 valence electrons. The summed E-state index contributed by atoms with van der Waals surface area (Å²) in [5, 5.41) is 0. The minimum atomic E-state index is -4.48. The second kappa shape index (κ2) is 4.60. The fourth-order valence-corrected chi connectivity index (χ4v) is 1.29. The molecule has 7 heteroatoms. The largest absolute Gasteiger partial charge is 0.406 e. The third-order valence-corrected chi connectivity index (χ3v) is 2.05. The number of amides is 1. The summed E-state index contributed by atoms with van der Waals surface area (Å²) in [6, 6.07) is 1.16. The number of rotatable bonds is 2. The molecule has 1 amide bonds. The summed E-state index contributed by atoms with van der Waals surface area (Å²) in [6.07, 6.45) is -3.37. The molecule has 17 heavy (non-hydrogen) atoms. The number of carbonyl (C=O) groups is 1. The number of nitrogens with one attached hydrogen (secondary N) is 1. The molecule has 1 heterocycles. The average Bonchev–Trinajstić information content (AvgIpc) is 2.14. The van der Waals surface area contributed by atoms with Gasteiger partial charge in [0, 0.05) is 25.0 Å². The monoisotopic (exact) mass is 248 g/mol. The number of H-pyrrole nitrogens is 1. The molecule has 0 saturated carbocycles. The van der Waals surface area contributed by atoms with Crippen LogP contribution in [0.5, 0.6) is 0 Å². The summed E-state index contributed by atoms with van der Waals surface area (Å²) in [7, 11) is 0.995. The molecule has 0 aliphatic carbocycles. The van der Waals surface area contributed by atoms with Crippen LogP contribution in [0.1, 0.15) is 16.1 Å². The molecule has 0 atom stereocenters. The van der Waals surface area contributed by atoms with Crippen molar-refractivity contribution in [2.75, 3.05) is 13.6 Å². The second-order valence-corrected chi connectivity index (χ2v) is 3.67. The number of carbonyl (C=O) groups excluding carboxylic acids is 1. The van der Waals surface area contributed by atoms with E-state index in [0.717, 1.165) is 19.3 Å². The van der Waals surface area contributed by atoms with E-state index in [0.29, 0.717) is 10.6 Å². The van der Waals surface area contributed by atoms with Crippen LogP contribution < -0.4 is 5.43 Å². The average molecular weight is 248 g/mol. The Kier molecular flexibility index (Phi) is 3.59. The van der Waals surface area contributed by atoms with Gasteiger partial charge in [-0.15, -0.1) is 0 Å². The Morgan fingerprint density at radius 2 is 2.06 bits per heavy atom. The molecule has 1 aromatic heterocycles. The van der Waals surface area contributed by atoms with Gasteiger partial charge in [0.15, 0.2) is 5.43 Å². The lowest BCUT2D eigenvalue weighted by molar-refractivity contribution is -0.138. The van der Waals surface area contributed by atoms with Gasteiger partial charge in [-0.25, -0.2) is 0 Å². The Morgan fingerprint density at radius 3 is 2.53 bits per heavy atom. The van der Waals surface area contributed by atoms with Gasteiger partial charge >= 0.3 is 6.18 Å². The van der Waals surface area contributed by atoms with Gasteiger partial charge in [0.05, 0.1) is 0 Å². The fourth-order valence-electron chi connectivity index (χ4n) is 1.29. The molecule has 0 aliphatic heterocycles. The van der Waals surface area contributed by atoms with Gasteiger partial charge in [0.25, 0.3) is 5.91 Å². The van der Waals surface area contributed by atoms with Crippen molar-refractivity contribution in [1.82, 2.24) is 9.88 Å². The van der Waals surface area contributed by atoms with Crippen LogP contribution in [0.3, 0.4) is 0 Å². The molecule has 0 unspecified atom stereocenters. The van der Waals surface area contributed by atoms with E-state index in [1.807, 2.05) is 0 Å². The third-order valence-electron chi connectivity index (χ3n) is 2.05. The van der Waals surface area contributed by atoms with Crippen LogP contribution in [0.15, 0.2) is 17.1 Å². The van der Waals surface area contributed by atoms with E-state index in [2.05, 4.69) is 4.98 Å². The van der Waals surface area contributed by atoms with Gasteiger partial charge in [-0.05, 0) is 6.92 Å². The fraction of sp³-hybridized carbons (Fsp3) is 0.400. The zero-order valence-corrected chi connectivity index (χ0v) is 9.26. The Bertz CT molecular complexity index is 479. The van der Waals surface area contributed by atoms with Crippen LogP contribution in [0, 0.1) is 6.92 Å². The maximum atomic E-state index is 12.1. The van der Waals surface area contributed by atoms with Crippen LogP contribution in [0.2, 0.25) is 0 Å². The van der Waals surface area contributed by atoms with E-state index in [9.17, 15) is 22.8 Å². The molecule has 1 aromatic rings. The first kappa shape index (κ1) is 13.3. The maximum absolute atomic E-state index is 12.1. The molecular formula is C10H11F3N2O2. The molecule has 0 radical (unpaired) electrons. The highest BCUT2D eigenvalue weighted by molar-refractivity contribution is 5.93. The van der Waals surface area contributed by atoms with Crippen molar-refractivity contribution in [1.29, 1.82) is 0 Å². The topological polar surface area (TPSA) is 53.2 Å². The predicted molar refractivity (Wildman–Crippen MR) is 54.8 cm³/mol. The van der Waals surface area contributed by atoms with Crippen LogP contribution in [0.4, 0.5) is 13.2 Å². The number of hydrogen-bond donors (Lipinski definition) is 1. The number of pyridine rings is 1. The molecule has 1 N–H and O–H groups in total. The molecule has 0 aromatic carbocycles. The number of hydrogen-bond acceptors (Lipinski definition) is 2. The number of halogens is 3. The summed E-state index contributed by atoms with van der Waals surface area (Å²) in [6.45, 7) is 0.217. The second-order valence-electron chi connectivity index (χ2n) is 3.67. The highest BCUT2D eigenvalue weighted by Crippen LogP contribution is 2.16. The zero-order chi connectivity index (χ0) is 13.2. The van der Waals surface area contributed by atoms with Crippen molar-refractivity contribution in [2.45, 2.75) is 13.1 Å². The molecule has 0 spiro atoms. The number of alkyl halides is 3. The Labute approximate surface area is 95.1 Å². The van der Waals surface area contributed by atoms with Gasteiger partial charge in [-0.3, -0.25) is 9.59 Å². The van der Waals surface area contributed by atoms with Crippen molar-refractivity contribution < 1.29 is 18.0 Å². The van der Waals surface area contributed by atoms with Crippen LogP contribution in [0.25, 0.3) is 0 Å². The van der Waals surface area contributed by atoms with Gasteiger partial charge in [-0.2, -0.15) is 13.2 Å². The molecule has 4 nitrogen and oxygen atoms in total. The van der Waals surface area contributed by atoms with E-state index < -0.39 is 24.1 Å². The van der Waals surface area contributed by atoms with E-state index in [4.69, 9.17) is 0 Å².